The van der Waals surface area contributed by atoms with E-state index in [4.69, 9.17) is 17.0 Å². The van der Waals surface area contributed by atoms with Crippen molar-refractivity contribution in [3.8, 4) is 5.75 Å². The van der Waals surface area contributed by atoms with Crippen LogP contribution in [0.3, 0.4) is 0 Å². The van der Waals surface area contributed by atoms with Crippen molar-refractivity contribution in [1.29, 1.82) is 0 Å². The smallest absolute Gasteiger partial charge is 0.269 e. The van der Waals surface area contributed by atoms with Gasteiger partial charge in [0.25, 0.3) is 15.9 Å². The van der Waals surface area contributed by atoms with E-state index >= 15 is 0 Å². The van der Waals surface area contributed by atoms with Gasteiger partial charge in [-0.05, 0) is 73.1 Å². The van der Waals surface area contributed by atoms with Crippen LogP contribution in [0.1, 0.15) is 41.3 Å². The number of anilines is 2. The van der Waals surface area contributed by atoms with Gasteiger partial charge >= 0.3 is 0 Å². The Morgan fingerprint density at radius 3 is 2.14 bits per heavy atom. The number of methoxy groups -OCH3 is 1. The molecule has 4 N–H and O–H groups in total. The van der Waals surface area contributed by atoms with Crippen LogP contribution < -0.4 is 25.6 Å². The summed E-state index contributed by atoms with van der Waals surface area (Å²) in [5.74, 6) is -0.0476. The van der Waals surface area contributed by atoms with E-state index in [0.717, 1.165) is 11.3 Å². The third kappa shape index (κ3) is 6.93. The van der Waals surface area contributed by atoms with Crippen LogP contribution in [0.25, 0.3) is 0 Å². The van der Waals surface area contributed by atoms with Gasteiger partial charge in [-0.25, -0.2) is 8.42 Å². The molecule has 3 rings (SSSR count). The second-order valence-electron chi connectivity index (χ2n) is 8.15. The molecule has 0 saturated heterocycles. The number of carbonyl (C=O) groups excluding carboxylic acids is 1. The standard InChI is InChI=1S/C25H28N4O4S2/c1-16(2)18-7-12-20(13-8-18)26-25(34)28-27-24(30)19-9-14-22(33-4)23(15-19)35(31,32)29-21-10-5-17(3)6-11-21/h5-16,29H,1-4H3,(H,27,30)(H2,26,28,34). The van der Waals surface area contributed by atoms with Crippen LogP contribution in [0.15, 0.2) is 71.6 Å². The van der Waals surface area contributed by atoms with Crippen molar-refractivity contribution in [2.75, 3.05) is 17.1 Å². The molecule has 0 aliphatic carbocycles. The molecule has 0 saturated carbocycles. The normalized spacial score (nSPS) is 11.0. The molecule has 35 heavy (non-hydrogen) atoms. The van der Waals surface area contributed by atoms with Crippen molar-refractivity contribution in [1.82, 2.24) is 10.9 Å². The van der Waals surface area contributed by atoms with Crippen molar-refractivity contribution in [2.45, 2.75) is 31.6 Å². The average molecular weight is 513 g/mol. The highest BCUT2D eigenvalue weighted by atomic mass is 32.2. The molecule has 0 spiro atoms. The maximum Gasteiger partial charge on any atom is 0.269 e. The van der Waals surface area contributed by atoms with E-state index in [-0.39, 0.29) is 21.3 Å². The Bertz CT molecular complexity index is 1310. The number of benzene rings is 3. The summed E-state index contributed by atoms with van der Waals surface area (Å²) in [6, 6.07) is 18.8. The monoisotopic (exact) mass is 512 g/mol. The van der Waals surface area contributed by atoms with Gasteiger partial charge in [0.05, 0.1) is 7.11 Å². The Kier molecular flexibility index (Phi) is 8.31. The first-order valence-electron chi connectivity index (χ1n) is 10.8. The molecule has 0 radical (unpaired) electrons. The zero-order valence-corrected chi connectivity index (χ0v) is 21.5. The number of ether oxygens (including phenoxy) is 1. The van der Waals surface area contributed by atoms with E-state index in [1.807, 2.05) is 31.2 Å². The van der Waals surface area contributed by atoms with Crippen LogP contribution in [0, 0.1) is 6.92 Å². The van der Waals surface area contributed by atoms with E-state index in [1.165, 1.54) is 30.9 Å². The van der Waals surface area contributed by atoms with E-state index in [9.17, 15) is 13.2 Å². The van der Waals surface area contributed by atoms with Crippen molar-refractivity contribution < 1.29 is 17.9 Å². The molecule has 0 aliphatic heterocycles. The number of hydrogen-bond acceptors (Lipinski definition) is 5. The summed E-state index contributed by atoms with van der Waals surface area (Å²) < 4.78 is 33.7. The minimum Gasteiger partial charge on any atom is -0.495 e. The van der Waals surface area contributed by atoms with Crippen LogP contribution in [0.2, 0.25) is 0 Å². The summed E-state index contributed by atoms with van der Waals surface area (Å²) in [5.41, 5.74) is 8.55. The fourth-order valence-electron chi connectivity index (χ4n) is 3.16. The molecule has 0 atom stereocenters. The van der Waals surface area contributed by atoms with Crippen LogP contribution in [0.4, 0.5) is 11.4 Å². The van der Waals surface area contributed by atoms with Gasteiger partial charge in [-0.1, -0.05) is 43.7 Å². The quantitative estimate of drug-likeness (QED) is 0.271. The third-order valence-corrected chi connectivity index (χ3v) is 6.75. The third-order valence-electron chi connectivity index (χ3n) is 5.14. The molecule has 3 aromatic carbocycles. The van der Waals surface area contributed by atoms with Gasteiger partial charge < -0.3 is 10.1 Å². The zero-order chi connectivity index (χ0) is 25.6. The van der Waals surface area contributed by atoms with Gasteiger partial charge in [0.2, 0.25) is 0 Å². The Hall–Kier alpha value is -3.63. The molecule has 1 amide bonds. The molecule has 0 fully saturated rings. The van der Waals surface area contributed by atoms with Crippen LogP contribution in [-0.2, 0) is 10.0 Å². The van der Waals surface area contributed by atoms with Crippen molar-refractivity contribution >= 4 is 44.6 Å². The maximum absolute atomic E-state index is 13.0. The number of sulfonamides is 1. The lowest BCUT2D eigenvalue weighted by molar-refractivity contribution is 0.0944. The Morgan fingerprint density at radius 1 is 0.914 bits per heavy atom. The van der Waals surface area contributed by atoms with Crippen LogP contribution in [0.5, 0.6) is 5.75 Å². The molecule has 184 valence electrons. The minimum absolute atomic E-state index is 0.103. The fraction of sp³-hybridized carbons (Fsp3) is 0.200. The molecule has 0 unspecified atom stereocenters. The largest absolute Gasteiger partial charge is 0.495 e. The van der Waals surface area contributed by atoms with E-state index in [0.29, 0.717) is 11.6 Å². The zero-order valence-electron chi connectivity index (χ0n) is 19.9. The van der Waals surface area contributed by atoms with Crippen LogP contribution >= 0.6 is 12.2 Å². The lowest BCUT2D eigenvalue weighted by Gasteiger charge is -2.15. The highest BCUT2D eigenvalue weighted by Crippen LogP contribution is 2.27. The number of nitrogens with one attached hydrogen (secondary N) is 4. The Morgan fingerprint density at radius 2 is 1.54 bits per heavy atom. The molecule has 3 aromatic rings. The summed E-state index contributed by atoms with van der Waals surface area (Å²) in [7, 11) is -2.66. The number of amides is 1. The van der Waals surface area contributed by atoms with Gasteiger partial charge in [0, 0.05) is 16.9 Å². The summed E-state index contributed by atoms with van der Waals surface area (Å²) in [6.07, 6.45) is 0. The number of thiocarbonyl (C=S) groups is 1. The topological polar surface area (TPSA) is 109 Å². The SMILES string of the molecule is COc1ccc(C(=O)NNC(=S)Nc2ccc(C(C)C)cc2)cc1S(=O)(=O)Nc1ccc(C)cc1. The van der Waals surface area contributed by atoms with E-state index < -0.39 is 15.9 Å². The first kappa shape index (κ1) is 26.0. The predicted octanol–water partition coefficient (Wildman–Crippen LogP) is 4.56. The van der Waals surface area contributed by atoms with E-state index in [1.54, 1.807) is 24.3 Å². The number of hydrazine groups is 1. The second kappa shape index (κ2) is 11.2. The van der Waals surface area contributed by atoms with Crippen LogP contribution in [-0.4, -0.2) is 26.5 Å². The lowest BCUT2D eigenvalue weighted by Crippen LogP contribution is -2.43. The summed E-state index contributed by atoms with van der Waals surface area (Å²) in [6.45, 7) is 6.12. The summed E-state index contributed by atoms with van der Waals surface area (Å²) >= 11 is 5.23. The molecular formula is C25H28N4O4S2. The maximum atomic E-state index is 13.0. The van der Waals surface area contributed by atoms with Gasteiger partial charge in [-0.3, -0.25) is 20.4 Å². The number of hydrogen-bond donors (Lipinski definition) is 4. The van der Waals surface area contributed by atoms with Gasteiger partial charge in [-0.2, -0.15) is 0 Å². The van der Waals surface area contributed by atoms with Gasteiger partial charge in [0.1, 0.15) is 10.6 Å². The summed E-state index contributed by atoms with van der Waals surface area (Å²) in [5, 5.41) is 3.16. The molecular weight excluding hydrogens is 484 g/mol. The highest BCUT2D eigenvalue weighted by Gasteiger charge is 2.22. The first-order chi connectivity index (χ1) is 16.6. The molecule has 0 aliphatic rings. The van der Waals surface area contributed by atoms with E-state index in [2.05, 4.69) is 34.7 Å². The molecule has 0 heterocycles. The lowest BCUT2D eigenvalue weighted by atomic mass is 10.0. The van der Waals surface area contributed by atoms with Gasteiger partial charge in [-0.15, -0.1) is 0 Å². The molecule has 8 nitrogen and oxygen atoms in total. The number of aryl methyl sites for hydroxylation is 1. The Balaban J connectivity index is 1.69. The van der Waals surface area contributed by atoms with Gasteiger partial charge in [0.15, 0.2) is 5.11 Å². The number of rotatable bonds is 7. The average Bonchev–Trinajstić information content (AvgIpc) is 2.83. The minimum atomic E-state index is -4.02. The Labute approximate surface area is 211 Å². The highest BCUT2D eigenvalue weighted by molar-refractivity contribution is 7.92. The van der Waals surface area contributed by atoms with Crippen molar-refractivity contribution in [3.05, 3.63) is 83.4 Å². The molecule has 0 aromatic heterocycles. The fourth-order valence-corrected chi connectivity index (χ4v) is 4.58. The van der Waals surface area contributed by atoms with Crippen molar-refractivity contribution in [2.24, 2.45) is 0 Å². The molecule has 10 heteroatoms. The summed E-state index contributed by atoms with van der Waals surface area (Å²) in [4.78, 5) is 12.5. The predicted molar refractivity (Wildman–Crippen MR) is 142 cm³/mol. The first-order valence-corrected chi connectivity index (χ1v) is 12.7. The van der Waals surface area contributed by atoms with Crippen molar-refractivity contribution in [3.63, 3.8) is 0 Å². The second-order valence-corrected chi connectivity index (χ2v) is 10.2. The number of carbonyl (C=O) groups is 1. The molecule has 0 bridgehead atoms.